The minimum absolute atomic E-state index is 0.118. The second kappa shape index (κ2) is 8.23. The molecule has 0 saturated carbocycles. The van der Waals surface area contributed by atoms with E-state index in [4.69, 9.17) is 18.6 Å². The summed E-state index contributed by atoms with van der Waals surface area (Å²) in [5, 5.41) is 2.85. The predicted molar refractivity (Wildman–Crippen MR) is 110 cm³/mol. The fraction of sp³-hybridized carbons (Fsp3) is 0.850. The highest BCUT2D eigenvalue weighted by atomic mass is 28.4. The highest BCUT2D eigenvalue weighted by Gasteiger charge is 2.45. The molecule has 1 rings (SSSR count). The van der Waals surface area contributed by atoms with E-state index in [9.17, 15) is 4.79 Å². The molecule has 0 spiro atoms. The second-order valence-electron chi connectivity index (χ2n) is 10.2. The molecule has 7 heteroatoms. The van der Waals surface area contributed by atoms with Crippen LogP contribution >= 0.6 is 0 Å². The van der Waals surface area contributed by atoms with E-state index in [0.717, 1.165) is 5.57 Å². The molecule has 0 aromatic rings. The van der Waals surface area contributed by atoms with Crippen LogP contribution in [-0.2, 0) is 18.6 Å². The Labute approximate surface area is 166 Å². The van der Waals surface area contributed by atoms with Crippen LogP contribution in [0.15, 0.2) is 12.2 Å². The van der Waals surface area contributed by atoms with Crippen LogP contribution in [0.1, 0.15) is 55.4 Å². The van der Waals surface area contributed by atoms with E-state index in [1.54, 1.807) is 0 Å². The van der Waals surface area contributed by atoms with Gasteiger partial charge in [-0.1, -0.05) is 27.4 Å². The smallest absolute Gasteiger partial charge is 0.407 e. The van der Waals surface area contributed by atoms with Gasteiger partial charge < -0.3 is 24.0 Å². The Kier molecular flexibility index (Phi) is 7.36. The first-order valence-corrected chi connectivity index (χ1v) is 12.5. The van der Waals surface area contributed by atoms with Crippen LogP contribution in [0.5, 0.6) is 0 Å². The van der Waals surface area contributed by atoms with Crippen LogP contribution in [0.25, 0.3) is 0 Å². The molecular weight excluding hydrogens is 362 g/mol. The van der Waals surface area contributed by atoms with E-state index < -0.39 is 25.8 Å². The molecule has 1 amide bonds. The van der Waals surface area contributed by atoms with Gasteiger partial charge in [0, 0.05) is 6.54 Å². The number of rotatable bonds is 6. The van der Waals surface area contributed by atoms with Crippen LogP contribution in [-0.4, -0.2) is 51.2 Å². The maximum Gasteiger partial charge on any atom is 0.407 e. The van der Waals surface area contributed by atoms with Gasteiger partial charge in [0.15, 0.2) is 14.1 Å². The van der Waals surface area contributed by atoms with Gasteiger partial charge in [0.1, 0.15) is 17.8 Å². The maximum atomic E-state index is 11.9. The number of amides is 1. The number of alkyl carbamates (subject to hydrolysis) is 1. The lowest BCUT2D eigenvalue weighted by molar-refractivity contribution is -0.146. The van der Waals surface area contributed by atoms with Gasteiger partial charge in [-0.2, -0.15) is 0 Å². The fourth-order valence-electron chi connectivity index (χ4n) is 2.41. The van der Waals surface area contributed by atoms with E-state index in [2.05, 4.69) is 45.8 Å². The summed E-state index contributed by atoms with van der Waals surface area (Å²) in [4.78, 5) is 11.9. The van der Waals surface area contributed by atoms with Crippen molar-refractivity contribution in [3.8, 4) is 0 Å². The number of carbonyl (C=O) groups excluding carboxylic acids is 1. The molecule has 6 nitrogen and oxygen atoms in total. The first kappa shape index (κ1) is 24.1. The van der Waals surface area contributed by atoms with Gasteiger partial charge in [-0.25, -0.2) is 4.79 Å². The van der Waals surface area contributed by atoms with E-state index in [1.807, 2.05) is 34.6 Å². The van der Waals surface area contributed by atoms with Gasteiger partial charge in [-0.05, 0) is 58.3 Å². The topological polar surface area (TPSA) is 66.0 Å². The molecule has 1 fully saturated rings. The lowest BCUT2D eigenvalue weighted by Crippen LogP contribution is -2.44. The molecule has 0 bridgehead atoms. The number of ether oxygens (including phenoxy) is 3. The summed E-state index contributed by atoms with van der Waals surface area (Å²) in [5.41, 5.74) is 0.190. The molecule has 1 N–H and O–H groups in total. The molecule has 1 aliphatic heterocycles. The fourth-order valence-corrected chi connectivity index (χ4v) is 3.42. The Morgan fingerprint density at radius 2 is 1.70 bits per heavy atom. The Morgan fingerprint density at radius 3 is 2.19 bits per heavy atom. The molecule has 1 saturated heterocycles. The largest absolute Gasteiger partial charge is 0.444 e. The van der Waals surface area contributed by atoms with Crippen LogP contribution in [0.2, 0.25) is 18.1 Å². The lowest BCUT2D eigenvalue weighted by atomic mass is 10.1. The van der Waals surface area contributed by atoms with Crippen molar-refractivity contribution < 1.29 is 23.4 Å². The zero-order valence-electron chi connectivity index (χ0n) is 18.8. The summed E-state index contributed by atoms with van der Waals surface area (Å²) in [6.07, 6.45) is -1.09. The third kappa shape index (κ3) is 7.56. The monoisotopic (exact) mass is 401 g/mol. The van der Waals surface area contributed by atoms with E-state index >= 15 is 0 Å². The van der Waals surface area contributed by atoms with Crippen molar-refractivity contribution in [2.45, 2.75) is 97.1 Å². The van der Waals surface area contributed by atoms with Crippen molar-refractivity contribution in [2.75, 3.05) is 13.2 Å². The molecule has 0 radical (unpaired) electrons. The average molecular weight is 402 g/mol. The molecule has 2 atom stereocenters. The molecule has 0 aromatic carbocycles. The number of hydrogen-bond acceptors (Lipinski definition) is 5. The highest BCUT2D eigenvalue weighted by molar-refractivity contribution is 6.74. The summed E-state index contributed by atoms with van der Waals surface area (Å²) in [5.74, 6) is -0.721. The quantitative estimate of drug-likeness (QED) is 0.520. The van der Waals surface area contributed by atoms with Gasteiger partial charge >= 0.3 is 6.09 Å². The Balaban J connectivity index is 2.70. The first-order chi connectivity index (χ1) is 11.9. The van der Waals surface area contributed by atoms with Crippen molar-refractivity contribution in [1.29, 1.82) is 0 Å². The van der Waals surface area contributed by atoms with Gasteiger partial charge in [0.2, 0.25) is 0 Å². The van der Waals surface area contributed by atoms with E-state index in [1.165, 1.54) is 0 Å². The normalized spacial score (nSPS) is 23.2. The summed E-state index contributed by atoms with van der Waals surface area (Å²) in [7, 11) is -1.90. The number of nitrogens with one attached hydrogen (secondary N) is 1. The summed E-state index contributed by atoms with van der Waals surface area (Å²) in [6, 6.07) is 0. The SMILES string of the molecule is C=C(CNC(=O)OC(C)(C)C)[C@@H]1OC(C)(C)O[C@H]1CO[Si](C)(C)C(C)(C)C. The summed E-state index contributed by atoms with van der Waals surface area (Å²) in [6.45, 7) is 25.1. The van der Waals surface area contributed by atoms with Gasteiger partial charge in [-0.15, -0.1) is 0 Å². The van der Waals surface area contributed by atoms with Crippen LogP contribution in [0, 0.1) is 0 Å². The highest BCUT2D eigenvalue weighted by Crippen LogP contribution is 2.38. The Bertz CT molecular complexity index is 546. The third-order valence-corrected chi connectivity index (χ3v) is 9.36. The molecule has 0 unspecified atom stereocenters. The van der Waals surface area contributed by atoms with Crippen LogP contribution in [0.4, 0.5) is 4.79 Å². The van der Waals surface area contributed by atoms with E-state index in [0.29, 0.717) is 6.61 Å². The van der Waals surface area contributed by atoms with Crippen molar-refractivity contribution in [2.24, 2.45) is 0 Å². The van der Waals surface area contributed by atoms with Crippen LogP contribution in [0.3, 0.4) is 0 Å². The molecule has 158 valence electrons. The number of carbonyl (C=O) groups is 1. The van der Waals surface area contributed by atoms with Crippen molar-refractivity contribution in [1.82, 2.24) is 5.32 Å². The van der Waals surface area contributed by atoms with Gasteiger partial charge in [0.05, 0.1) is 6.61 Å². The Morgan fingerprint density at radius 1 is 1.15 bits per heavy atom. The summed E-state index contributed by atoms with van der Waals surface area (Å²) < 4.78 is 23.7. The van der Waals surface area contributed by atoms with E-state index in [-0.39, 0.29) is 23.8 Å². The Hall–Kier alpha value is -0.893. The van der Waals surface area contributed by atoms with Crippen molar-refractivity contribution in [3.05, 3.63) is 12.2 Å². The predicted octanol–water partition coefficient (Wildman–Crippen LogP) is 4.61. The van der Waals surface area contributed by atoms with Gasteiger partial charge in [-0.3, -0.25) is 0 Å². The molecule has 1 aliphatic rings. The summed E-state index contributed by atoms with van der Waals surface area (Å²) >= 11 is 0. The van der Waals surface area contributed by atoms with Crippen LogP contribution < -0.4 is 5.32 Å². The average Bonchev–Trinajstić information content (AvgIpc) is 2.75. The zero-order valence-corrected chi connectivity index (χ0v) is 19.8. The minimum Gasteiger partial charge on any atom is -0.444 e. The second-order valence-corrected chi connectivity index (χ2v) is 15.0. The first-order valence-electron chi connectivity index (χ1n) is 9.58. The molecule has 0 aliphatic carbocycles. The zero-order chi connectivity index (χ0) is 21.3. The molecular formula is C20H39NO5Si. The van der Waals surface area contributed by atoms with Gasteiger partial charge in [0.25, 0.3) is 0 Å². The van der Waals surface area contributed by atoms with Crippen molar-refractivity contribution >= 4 is 14.4 Å². The van der Waals surface area contributed by atoms with Crippen molar-refractivity contribution in [3.63, 3.8) is 0 Å². The standard InChI is InChI=1S/C20H39NO5Si/c1-14(12-21-17(22)26-18(2,3)4)16-15(24-20(8,9)25-16)13-23-27(10,11)19(5,6)7/h15-16H,1,12-13H2,2-11H3,(H,21,22)/t15-,16-/m0/s1. The maximum absolute atomic E-state index is 11.9. The minimum atomic E-state index is -1.90. The molecule has 0 aromatic heterocycles. The number of hydrogen-bond donors (Lipinski definition) is 1. The molecule has 1 heterocycles. The lowest BCUT2D eigenvalue weighted by Gasteiger charge is -2.37. The third-order valence-electron chi connectivity index (χ3n) is 4.86. The molecule has 27 heavy (non-hydrogen) atoms.